The summed E-state index contributed by atoms with van der Waals surface area (Å²) in [5, 5.41) is 7.10. The van der Waals surface area contributed by atoms with E-state index in [2.05, 4.69) is 10.3 Å². The highest BCUT2D eigenvalue weighted by atomic mass is 35.5. The zero-order chi connectivity index (χ0) is 16.2. The second-order valence-electron chi connectivity index (χ2n) is 4.53. The minimum atomic E-state index is -0.636. The Morgan fingerprint density at radius 1 is 1.13 bits per heavy atom. The van der Waals surface area contributed by atoms with Crippen LogP contribution in [0.2, 0.25) is 5.02 Å². The van der Waals surface area contributed by atoms with Crippen molar-refractivity contribution in [3.8, 4) is 17.0 Å². The first-order chi connectivity index (χ1) is 11.1. The van der Waals surface area contributed by atoms with Gasteiger partial charge in [0.15, 0.2) is 18.3 Å². The Morgan fingerprint density at radius 2 is 1.91 bits per heavy atom. The van der Waals surface area contributed by atoms with Gasteiger partial charge in [0, 0.05) is 22.0 Å². The molecule has 0 atom stereocenters. The van der Waals surface area contributed by atoms with Crippen molar-refractivity contribution in [1.82, 2.24) is 10.3 Å². The van der Waals surface area contributed by atoms with E-state index in [1.165, 1.54) is 11.3 Å². The molecule has 0 N–H and O–H groups in total. The minimum Gasteiger partial charge on any atom is -0.468 e. The number of nitrogens with zero attached hydrogens (tertiary/aromatic N) is 2. The number of halogens is 3. The lowest BCUT2D eigenvalue weighted by molar-refractivity contribution is 0.285. The zero-order valence-corrected chi connectivity index (χ0v) is 13.2. The largest absolute Gasteiger partial charge is 0.468 e. The summed E-state index contributed by atoms with van der Waals surface area (Å²) >= 11 is 7.18. The van der Waals surface area contributed by atoms with Crippen molar-refractivity contribution in [3.05, 3.63) is 64.5 Å². The van der Waals surface area contributed by atoms with Crippen LogP contribution in [0, 0.1) is 11.6 Å². The van der Waals surface area contributed by atoms with Crippen molar-refractivity contribution < 1.29 is 13.5 Å². The van der Waals surface area contributed by atoms with Gasteiger partial charge < -0.3 is 4.74 Å². The molecule has 0 amide bonds. The molecular formula is C16H10ClF2N2OS. The van der Waals surface area contributed by atoms with E-state index in [-0.39, 0.29) is 12.5 Å². The lowest BCUT2D eigenvalue weighted by atomic mass is 10.2. The average Bonchev–Trinajstić information content (AvgIpc) is 3.00. The number of hydrogen-bond donors (Lipinski definition) is 0. The molecule has 0 unspecified atom stereocenters. The summed E-state index contributed by atoms with van der Waals surface area (Å²) in [4.78, 5) is 4.34. The zero-order valence-electron chi connectivity index (χ0n) is 11.7. The summed E-state index contributed by atoms with van der Waals surface area (Å²) in [5.74, 6) is -1.38. The highest BCUT2D eigenvalue weighted by Crippen LogP contribution is 2.26. The Balaban J connectivity index is 1.61. The Bertz CT molecular complexity index is 808. The maximum atomic E-state index is 13.4. The van der Waals surface area contributed by atoms with Crippen LogP contribution in [0.15, 0.2) is 47.8 Å². The van der Waals surface area contributed by atoms with Crippen LogP contribution in [0.5, 0.6) is 5.75 Å². The lowest BCUT2D eigenvalue weighted by Gasteiger charge is -2.05. The number of benzene rings is 2. The van der Waals surface area contributed by atoms with Gasteiger partial charge in [0.25, 0.3) is 0 Å². The van der Waals surface area contributed by atoms with Gasteiger partial charge in [0.05, 0.1) is 5.69 Å². The molecule has 0 bridgehead atoms. The Morgan fingerprint density at radius 3 is 2.70 bits per heavy atom. The van der Waals surface area contributed by atoms with Crippen molar-refractivity contribution in [2.45, 2.75) is 0 Å². The average molecular weight is 352 g/mol. The minimum absolute atomic E-state index is 0.145. The first-order valence-corrected chi connectivity index (χ1v) is 7.84. The molecule has 0 saturated heterocycles. The molecule has 0 aliphatic carbocycles. The Kier molecular flexibility index (Phi) is 4.73. The van der Waals surface area contributed by atoms with Crippen molar-refractivity contribution in [2.24, 2.45) is 0 Å². The SMILES string of the molecule is Fc1ccc(F)c(OC[N]c2nc(-c3ccc(Cl)cc3)cs2)c1. The molecule has 3 aromatic rings. The highest BCUT2D eigenvalue weighted by Gasteiger charge is 2.08. The van der Waals surface area contributed by atoms with Crippen LogP contribution in [0.25, 0.3) is 11.3 Å². The van der Waals surface area contributed by atoms with Crippen molar-refractivity contribution in [2.75, 3.05) is 6.73 Å². The fourth-order valence-electron chi connectivity index (χ4n) is 1.83. The van der Waals surface area contributed by atoms with Crippen LogP contribution in [0.4, 0.5) is 13.9 Å². The van der Waals surface area contributed by atoms with E-state index < -0.39 is 11.6 Å². The van der Waals surface area contributed by atoms with Gasteiger partial charge in [-0.3, -0.25) is 0 Å². The molecule has 1 aromatic heterocycles. The molecule has 23 heavy (non-hydrogen) atoms. The van der Waals surface area contributed by atoms with E-state index in [4.69, 9.17) is 16.3 Å². The molecule has 1 heterocycles. The molecule has 2 aromatic carbocycles. The first-order valence-electron chi connectivity index (χ1n) is 6.58. The van der Waals surface area contributed by atoms with Gasteiger partial charge >= 0.3 is 0 Å². The van der Waals surface area contributed by atoms with Gasteiger partial charge in [-0.25, -0.2) is 19.1 Å². The van der Waals surface area contributed by atoms with Gasteiger partial charge in [0.2, 0.25) is 5.13 Å². The number of aromatic nitrogens is 1. The topological polar surface area (TPSA) is 36.2 Å². The van der Waals surface area contributed by atoms with E-state index in [0.29, 0.717) is 10.2 Å². The van der Waals surface area contributed by atoms with Crippen LogP contribution in [0.3, 0.4) is 0 Å². The lowest BCUT2D eigenvalue weighted by Crippen LogP contribution is -2.08. The summed E-state index contributed by atoms with van der Waals surface area (Å²) < 4.78 is 31.5. The molecule has 0 aliphatic rings. The standard InChI is InChI=1S/C16H10ClF2N2OS/c17-11-3-1-10(2-4-11)14-8-23-16(21-14)20-9-22-15-7-12(18)5-6-13(15)19/h1-8H,9H2. The molecule has 7 heteroatoms. The third-order valence-electron chi connectivity index (χ3n) is 2.95. The monoisotopic (exact) mass is 351 g/mol. The fraction of sp³-hybridized carbons (Fsp3) is 0.0625. The predicted molar refractivity (Wildman–Crippen MR) is 86.2 cm³/mol. The quantitative estimate of drug-likeness (QED) is 0.647. The molecule has 0 aliphatic heterocycles. The number of hydrogen-bond acceptors (Lipinski definition) is 3. The van der Waals surface area contributed by atoms with Crippen LogP contribution in [-0.2, 0) is 0 Å². The first kappa shape index (κ1) is 15.7. The van der Waals surface area contributed by atoms with Gasteiger partial charge in [-0.15, -0.1) is 11.3 Å². The van der Waals surface area contributed by atoms with Crippen molar-refractivity contribution in [3.63, 3.8) is 0 Å². The smallest absolute Gasteiger partial charge is 0.208 e. The van der Waals surface area contributed by atoms with Crippen LogP contribution in [0.1, 0.15) is 0 Å². The Labute approximate surface area is 140 Å². The number of thiazole rings is 1. The highest BCUT2D eigenvalue weighted by molar-refractivity contribution is 7.13. The van der Waals surface area contributed by atoms with Crippen LogP contribution >= 0.6 is 22.9 Å². The molecule has 1 radical (unpaired) electrons. The van der Waals surface area contributed by atoms with Crippen molar-refractivity contribution >= 4 is 28.1 Å². The molecular weight excluding hydrogens is 342 g/mol. The van der Waals surface area contributed by atoms with E-state index in [9.17, 15) is 8.78 Å². The van der Waals surface area contributed by atoms with Crippen LogP contribution in [-0.4, -0.2) is 11.7 Å². The van der Waals surface area contributed by atoms with Gasteiger partial charge in [0.1, 0.15) is 5.82 Å². The Hall–Kier alpha value is -2.18. The van der Waals surface area contributed by atoms with Gasteiger partial charge in [-0.05, 0) is 24.3 Å². The fourth-order valence-corrected chi connectivity index (χ4v) is 2.65. The maximum absolute atomic E-state index is 13.4. The van der Waals surface area contributed by atoms with Crippen molar-refractivity contribution in [1.29, 1.82) is 0 Å². The number of rotatable bonds is 5. The molecule has 117 valence electrons. The van der Waals surface area contributed by atoms with E-state index in [1.54, 1.807) is 12.1 Å². The molecule has 0 saturated carbocycles. The normalized spacial score (nSPS) is 10.6. The van der Waals surface area contributed by atoms with Crippen LogP contribution < -0.4 is 10.1 Å². The molecule has 3 nitrogen and oxygen atoms in total. The molecule has 0 fully saturated rings. The van der Waals surface area contributed by atoms with E-state index >= 15 is 0 Å². The third-order valence-corrected chi connectivity index (χ3v) is 3.97. The molecule has 0 spiro atoms. The second-order valence-corrected chi connectivity index (χ2v) is 5.80. The second kappa shape index (κ2) is 6.93. The summed E-state index contributed by atoms with van der Waals surface area (Å²) in [6.45, 7) is -0.145. The van der Waals surface area contributed by atoms with E-state index in [1.807, 2.05) is 17.5 Å². The summed E-state index contributed by atoms with van der Waals surface area (Å²) in [6.07, 6.45) is 0. The summed E-state index contributed by atoms with van der Waals surface area (Å²) in [5.41, 5.74) is 1.69. The molecule has 3 rings (SSSR count). The predicted octanol–water partition coefficient (Wildman–Crippen LogP) is 5.01. The summed E-state index contributed by atoms with van der Waals surface area (Å²) in [6, 6.07) is 10.3. The number of ether oxygens (including phenoxy) is 1. The van der Waals surface area contributed by atoms with Gasteiger partial charge in [-0.2, -0.15) is 0 Å². The van der Waals surface area contributed by atoms with E-state index in [0.717, 1.165) is 29.5 Å². The maximum Gasteiger partial charge on any atom is 0.208 e. The summed E-state index contributed by atoms with van der Waals surface area (Å²) in [7, 11) is 0. The van der Waals surface area contributed by atoms with Gasteiger partial charge in [-0.1, -0.05) is 23.7 Å². The third kappa shape index (κ3) is 3.97.